The van der Waals surface area contributed by atoms with E-state index in [1.807, 2.05) is 6.07 Å². The van der Waals surface area contributed by atoms with Gasteiger partial charge in [0.15, 0.2) is 0 Å². The summed E-state index contributed by atoms with van der Waals surface area (Å²) in [6, 6.07) is 15.3. The highest BCUT2D eigenvalue weighted by molar-refractivity contribution is 7.92. The zero-order valence-electron chi connectivity index (χ0n) is 17.7. The number of aliphatic carboxylic acids is 1. The van der Waals surface area contributed by atoms with Crippen LogP contribution in [0.5, 0.6) is 0 Å². The quantitative estimate of drug-likeness (QED) is 0.458. The third-order valence-electron chi connectivity index (χ3n) is 4.77. The number of carbonyl (C=O) groups excluding carboxylic acids is 1. The lowest BCUT2D eigenvalue weighted by Gasteiger charge is -2.28. The Morgan fingerprint density at radius 1 is 0.914 bits per heavy atom. The highest BCUT2D eigenvalue weighted by Crippen LogP contribution is 2.31. The fourth-order valence-corrected chi connectivity index (χ4v) is 4.77. The molecule has 0 aliphatic carbocycles. The van der Waals surface area contributed by atoms with Crippen molar-refractivity contribution in [1.29, 1.82) is 5.26 Å². The molecule has 0 aliphatic rings. The monoisotopic (exact) mass is 535 g/mol. The lowest BCUT2D eigenvalue weighted by atomic mass is 10.2. The molecular weight excluding hydrogens is 520 g/mol. The predicted octanol–water partition coefficient (Wildman–Crippen LogP) is 4.32. The van der Waals surface area contributed by atoms with Crippen LogP contribution >= 0.6 is 23.2 Å². The molecule has 0 saturated heterocycles. The van der Waals surface area contributed by atoms with Crippen LogP contribution in [0.4, 0.5) is 15.8 Å². The van der Waals surface area contributed by atoms with E-state index < -0.39 is 40.8 Å². The highest BCUT2D eigenvalue weighted by Gasteiger charge is 2.30. The number of rotatable bonds is 8. The molecule has 35 heavy (non-hydrogen) atoms. The van der Waals surface area contributed by atoms with E-state index in [1.165, 1.54) is 42.5 Å². The van der Waals surface area contributed by atoms with Crippen molar-refractivity contribution in [3.8, 4) is 6.07 Å². The van der Waals surface area contributed by atoms with Crippen molar-refractivity contribution >= 4 is 56.5 Å². The number of nitriles is 1. The minimum atomic E-state index is -4.42. The Balaban J connectivity index is 2.07. The summed E-state index contributed by atoms with van der Waals surface area (Å²) in [5.74, 6) is -2.88. The zero-order chi connectivity index (χ0) is 25.8. The van der Waals surface area contributed by atoms with Gasteiger partial charge in [0.25, 0.3) is 10.0 Å². The van der Waals surface area contributed by atoms with Gasteiger partial charge in [-0.05, 0) is 66.7 Å². The lowest BCUT2D eigenvalue weighted by Crippen LogP contribution is -2.45. The molecule has 180 valence electrons. The van der Waals surface area contributed by atoms with Crippen LogP contribution in [0.2, 0.25) is 10.0 Å². The van der Waals surface area contributed by atoms with Gasteiger partial charge in [0.1, 0.15) is 18.9 Å². The van der Waals surface area contributed by atoms with E-state index in [9.17, 15) is 27.5 Å². The molecule has 0 radical (unpaired) electrons. The molecule has 1 N–H and O–H groups in total. The smallest absolute Gasteiger partial charge is 0.323 e. The van der Waals surface area contributed by atoms with Gasteiger partial charge in [0.2, 0.25) is 5.91 Å². The van der Waals surface area contributed by atoms with Gasteiger partial charge >= 0.3 is 5.97 Å². The maximum Gasteiger partial charge on any atom is 0.323 e. The highest BCUT2D eigenvalue weighted by atomic mass is 35.5. The van der Waals surface area contributed by atoms with Gasteiger partial charge in [-0.25, -0.2) is 12.8 Å². The number of benzene rings is 3. The predicted molar refractivity (Wildman–Crippen MR) is 129 cm³/mol. The van der Waals surface area contributed by atoms with E-state index in [0.717, 1.165) is 33.5 Å². The zero-order valence-corrected chi connectivity index (χ0v) is 20.1. The number of carbonyl (C=O) groups is 2. The van der Waals surface area contributed by atoms with Crippen molar-refractivity contribution in [1.82, 2.24) is 0 Å². The second kappa shape index (κ2) is 10.7. The number of carboxylic acid groups (broad SMARTS) is 1. The average molecular weight is 536 g/mol. The third-order valence-corrected chi connectivity index (χ3v) is 7.30. The van der Waals surface area contributed by atoms with Crippen LogP contribution in [-0.4, -0.2) is 38.5 Å². The fraction of sp³-hybridized carbons (Fsp3) is 0.0870. The molecule has 3 aromatic carbocycles. The van der Waals surface area contributed by atoms with Gasteiger partial charge < -0.3 is 5.11 Å². The van der Waals surface area contributed by atoms with E-state index in [-0.39, 0.29) is 31.9 Å². The number of anilines is 2. The molecule has 0 fully saturated rings. The summed E-state index contributed by atoms with van der Waals surface area (Å²) in [6.45, 7) is -1.58. The molecule has 0 aromatic heterocycles. The first-order chi connectivity index (χ1) is 16.5. The SMILES string of the molecule is N#Cc1ccc(N(CC(=O)O)C(=O)CN(c2ccc(Cl)c(Cl)c2)S(=O)(=O)c2ccc(F)cc2)cc1. The number of halogens is 3. The van der Waals surface area contributed by atoms with Crippen molar-refractivity contribution in [2.45, 2.75) is 4.90 Å². The number of carboxylic acids is 1. The second-order valence-electron chi connectivity index (χ2n) is 7.10. The number of nitrogens with zero attached hydrogens (tertiary/aromatic N) is 3. The van der Waals surface area contributed by atoms with Crippen LogP contribution in [0.15, 0.2) is 71.6 Å². The third kappa shape index (κ3) is 6.08. The van der Waals surface area contributed by atoms with Gasteiger partial charge in [-0.3, -0.25) is 18.8 Å². The topological polar surface area (TPSA) is 119 Å². The minimum absolute atomic E-state index is 0.0189. The Hall–Kier alpha value is -3.65. The van der Waals surface area contributed by atoms with Crippen molar-refractivity contribution in [3.63, 3.8) is 0 Å². The largest absolute Gasteiger partial charge is 0.480 e. The summed E-state index contributed by atoms with van der Waals surface area (Å²) >= 11 is 12.0. The number of hydrogen-bond donors (Lipinski definition) is 1. The van der Waals surface area contributed by atoms with E-state index in [2.05, 4.69) is 0 Å². The van der Waals surface area contributed by atoms with E-state index in [1.54, 1.807) is 0 Å². The lowest BCUT2D eigenvalue weighted by molar-refractivity contribution is -0.136. The Bertz CT molecular complexity index is 1410. The van der Waals surface area contributed by atoms with Crippen LogP contribution < -0.4 is 9.21 Å². The van der Waals surface area contributed by atoms with Crippen LogP contribution in [0.25, 0.3) is 0 Å². The molecule has 0 aliphatic heterocycles. The molecule has 0 unspecified atom stereocenters. The minimum Gasteiger partial charge on any atom is -0.480 e. The summed E-state index contributed by atoms with van der Waals surface area (Å²) in [7, 11) is -4.42. The molecule has 12 heteroatoms. The summed E-state index contributed by atoms with van der Waals surface area (Å²) in [6.07, 6.45) is 0. The summed E-state index contributed by atoms with van der Waals surface area (Å²) in [5, 5.41) is 18.5. The van der Waals surface area contributed by atoms with Crippen molar-refractivity contribution < 1.29 is 27.5 Å². The second-order valence-corrected chi connectivity index (χ2v) is 9.77. The molecule has 3 rings (SSSR count). The average Bonchev–Trinajstić information content (AvgIpc) is 2.83. The van der Waals surface area contributed by atoms with E-state index in [0.29, 0.717) is 0 Å². The van der Waals surface area contributed by atoms with Gasteiger partial charge in [-0.2, -0.15) is 5.26 Å². The maximum atomic E-state index is 13.4. The van der Waals surface area contributed by atoms with Crippen LogP contribution in [0.1, 0.15) is 5.56 Å². The molecule has 0 bridgehead atoms. The maximum absolute atomic E-state index is 13.4. The standard InChI is InChI=1S/C23H16Cl2FN3O5S/c24-20-10-7-18(11-21(20)25)29(35(33,34)19-8-3-16(26)4-9-19)13-22(30)28(14-23(31)32)17-5-1-15(12-27)2-6-17/h1-11H,13-14H2,(H,31,32). The number of sulfonamides is 1. The Morgan fingerprint density at radius 2 is 1.51 bits per heavy atom. The van der Waals surface area contributed by atoms with Gasteiger partial charge in [0.05, 0.1) is 32.3 Å². The molecule has 3 aromatic rings. The van der Waals surface area contributed by atoms with Crippen molar-refractivity contribution in [3.05, 3.63) is 88.2 Å². The molecule has 0 saturated carbocycles. The first-order valence-electron chi connectivity index (χ1n) is 9.78. The van der Waals surface area contributed by atoms with Crippen LogP contribution in [0, 0.1) is 17.1 Å². The van der Waals surface area contributed by atoms with Gasteiger partial charge in [0, 0.05) is 5.69 Å². The summed E-state index contributed by atoms with van der Waals surface area (Å²) in [5.41, 5.74) is 0.407. The van der Waals surface area contributed by atoms with Gasteiger partial charge in [-0.1, -0.05) is 23.2 Å². The number of hydrogen-bond acceptors (Lipinski definition) is 5. The molecule has 1 amide bonds. The normalized spacial score (nSPS) is 10.9. The van der Waals surface area contributed by atoms with Crippen molar-refractivity contribution in [2.24, 2.45) is 0 Å². The molecule has 0 heterocycles. The Labute approximate surface area is 210 Å². The molecule has 0 spiro atoms. The molecule has 8 nitrogen and oxygen atoms in total. The van der Waals surface area contributed by atoms with Crippen LogP contribution in [0.3, 0.4) is 0 Å². The Morgan fingerprint density at radius 3 is 2.06 bits per heavy atom. The van der Waals surface area contributed by atoms with E-state index >= 15 is 0 Å². The van der Waals surface area contributed by atoms with Gasteiger partial charge in [-0.15, -0.1) is 0 Å². The molecule has 0 atom stereocenters. The van der Waals surface area contributed by atoms with Crippen LogP contribution in [-0.2, 0) is 19.6 Å². The first kappa shape index (κ1) is 26.0. The summed E-state index contributed by atoms with van der Waals surface area (Å²) < 4.78 is 41.0. The Kier molecular flexibility index (Phi) is 7.96. The molecular formula is C23H16Cl2FN3O5S. The number of amides is 1. The fourth-order valence-electron chi connectivity index (χ4n) is 3.07. The first-order valence-corrected chi connectivity index (χ1v) is 12.0. The van der Waals surface area contributed by atoms with Crippen molar-refractivity contribution in [2.75, 3.05) is 22.3 Å². The van der Waals surface area contributed by atoms with E-state index in [4.69, 9.17) is 28.5 Å². The summed E-state index contributed by atoms with van der Waals surface area (Å²) in [4.78, 5) is 25.3.